The number of hydrogen-bond acceptors (Lipinski definition) is 2. The Morgan fingerprint density at radius 1 is 0.875 bits per heavy atom. The van der Waals surface area contributed by atoms with E-state index in [9.17, 15) is 4.79 Å². The fourth-order valence-electron chi connectivity index (χ4n) is 8.62. The fraction of sp³-hybridized carbons (Fsp3) is 0.326. The Morgan fingerprint density at radius 3 is 2.46 bits per heavy atom. The van der Waals surface area contributed by atoms with Crippen LogP contribution < -0.4 is 0 Å². The zero-order valence-corrected chi connectivity index (χ0v) is 29.7. The van der Waals surface area contributed by atoms with Crippen LogP contribution >= 0.6 is 0 Å². The molecule has 0 N–H and O–H groups in total. The van der Waals surface area contributed by atoms with Gasteiger partial charge in [-0.2, -0.15) is 0 Å². The summed E-state index contributed by atoms with van der Waals surface area (Å²) in [7, 11) is 0. The van der Waals surface area contributed by atoms with Gasteiger partial charge >= 0.3 is 5.97 Å². The lowest BCUT2D eigenvalue weighted by molar-refractivity contribution is -0.137. The van der Waals surface area contributed by atoms with Crippen LogP contribution in [0.5, 0.6) is 0 Å². The average molecular weight is 633 g/mol. The number of aryl methyl sites for hydroxylation is 1. The molecule has 244 valence electrons. The van der Waals surface area contributed by atoms with Gasteiger partial charge in [-0.25, -0.2) is 4.79 Å². The van der Waals surface area contributed by atoms with Crippen molar-refractivity contribution in [3.63, 3.8) is 0 Å². The lowest BCUT2D eigenvalue weighted by atomic mass is 9.64. The maximum Gasteiger partial charge on any atom is 0.330 e. The van der Waals surface area contributed by atoms with E-state index in [1.807, 2.05) is 13.8 Å². The highest BCUT2D eigenvalue weighted by Gasteiger charge is 2.36. The third-order valence-corrected chi connectivity index (χ3v) is 10.7. The smallest absolute Gasteiger partial charge is 0.330 e. The van der Waals surface area contributed by atoms with E-state index >= 15 is 0 Å². The van der Waals surface area contributed by atoms with Crippen molar-refractivity contribution in [3.05, 3.63) is 130 Å². The largest absolute Gasteiger partial charge is 0.463 e. The number of fused-ring (bicyclic) bond motifs is 5. The van der Waals surface area contributed by atoms with Crippen LogP contribution in [-0.4, -0.2) is 12.6 Å². The summed E-state index contributed by atoms with van der Waals surface area (Å²) in [6, 6.07) is 23.1. The first-order valence-electron chi connectivity index (χ1n) is 17.7. The number of rotatable bonds is 6. The Labute approximate surface area is 286 Å². The molecule has 2 heteroatoms. The van der Waals surface area contributed by atoms with Gasteiger partial charge in [-0.1, -0.05) is 112 Å². The molecule has 4 aromatic rings. The Balaban J connectivity index is 1.39. The molecule has 0 amide bonds. The Hall–Kier alpha value is -4.43. The molecule has 0 radical (unpaired) electrons. The molecular weight excluding hydrogens is 585 g/mol. The second-order valence-electron chi connectivity index (χ2n) is 15.5. The minimum Gasteiger partial charge on any atom is -0.463 e. The first-order valence-corrected chi connectivity index (χ1v) is 17.7. The predicted molar refractivity (Wildman–Crippen MR) is 204 cm³/mol. The molecule has 0 unspecified atom stereocenters. The van der Waals surface area contributed by atoms with E-state index in [2.05, 4.69) is 120 Å². The van der Waals surface area contributed by atoms with Crippen LogP contribution in [0.15, 0.2) is 108 Å². The number of allylic oxidation sites excluding steroid dienone is 9. The molecule has 48 heavy (non-hydrogen) atoms. The van der Waals surface area contributed by atoms with Gasteiger partial charge in [-0.3, -0.25) is 0 Å². The Morgan fingerprint density at radius 2 is 1.65 bits per heavy atom. The Bertz CT molecular complexity index is 2140. The minimum atomic E-state index is -0.288. The molecule has 0 spiro atoms. The van der Waals surface area contributed by atoms with E-state index in [-0.39, 0.29) is 16.8 Å². The molecule has 0 fully saturated rings. The van der Waals surface area contributed by atoms with Gasteiger partial charge in [0.25, 0.3) is 0 Å². The summed E-state index contributed by atoms with van der Waals surface area (Å²) in [5, 5.41) is 5.26. The lowest BCUT2D eigenvalue weighted by Crippen LogP contribution is -2.27. The van der Waals surface area contributed by atoms with Gasteiger partial charge in [0, 0.05) is 6.08 Å². The summed E-state index contributed by atoms with van der Waals surface area (Å²) in [5.41, 5.74) is 15.2. The van der Waals surface area contributed by atoms with Crippen molar-refractivity contribution in [1.29, 1.82) is 0 Å². The monoisotopic (exact) mass is 632 g/mol. The minimum absolute atomic E-state index is 0.0623. The van der Waals surface area contributed by atoms with E-state index in [4.69, 9.17) is 4.74 Å². The highest BCUT2D eigenvalue weighted by atomic mass is 16.5. The number of carbonyl (C=O) groups is 1. The summed E-state index contributed by atoms with van der Waals surface area (Å²) in [6.45, 7) is 16.1. The first-order chi connectivity index (χ1) is 23.0. The van der Waals surface area contributed by atoms with Crippen LogP contribution in [0.1, 0.15) is 95.9 Å². The van der Waals surface area contributed by atoms with Crippen molar-refractivity contribution in [2.24, 2.45) is 5.41 Å². The molecule has 7 rings (SSSR count). The van der Waals surface area contributed by atoms with Crippen LogP contribution in [0.4, 0.5) is 0 Å². The molecule has 0 aromatic heterocycles. The second-order valence-corrected chi connectivity index (χ2v) is 15.5. The molecule has 0 saturated heterocycles. The number of carbonyl (C=O) groups excluding carboxylic acids is 1. The number of hydrogen-bond donors (Lipinski definition) is 0. The van der Waals surface area contributed by atoms with Crippen LogP contribution in [-0.2, 0) is 14.9 Å². The van der Waals surface area contributed by atoms with Crippen LogP contribution in [0.2, 0.25) is 0 Å². The molecule has 2 nitrogen and oxygen atoms in total. The molecule has 4 aromatic carbocycles. The van der Waals surface area contributed by atoms with Crippen molar-refractivity contribution in [1.82, 2.24) is 0 Å². The molecule has 0 aliphatic heterocycles. The standard InChI is InChI=1S/C46H48O2/c1-8-48-42(47)24-29(2)16-17-32-13-11-15-37(32)43-36-14-10-9-12-31(36)18-20-38(43)40-26-33-19-21-39-35-22-23-45(4,5)27-34(35)28-46(6,7)44(39)41(33)25-30(40)3/h9-10,12,14,16-26H,8,11,13,15,27-28H2,1-7H3/b17-16?,29-24+. The van der Waals surface area contributed by atoms with E-state index in [1.165, 1.54) is 71.6 Å². The topological polar surface area (TPSA) is 26.3 Å². The van der Waals surface area contributed by atoms with Crippen molar-refractivity contribution in [2.45, 2.75) is 86.0 Å². The summed E-state index contributed by atoms with van der Waals surface area (Å²) in [5.74, 6) is -0.288. The Kier molecular flexibility index (Phi) is 8.18. The third kappa shape index (κ3) is 5.80. The summed E-state index contributed by atoms with van der Waals surface area (Å²) < 4.78 is 5.14. The first kappa shape index (κ1) is 32.1. The fourth-order valence-corrected chi connectivity index (χ4v) is 8.62. The SMILES string of the molecule is CCOC(=O)/C=C(\C)C=CC1=C(c2c(-c3cc4ccc5c(c4cc3C)C(C)(C)CC3=C5C=CC(C)(C)C3)ccc3ccccc23)CCC1. The normalized spacial score (nSPS) is 18.6. The summed E-state index contributed by atoms with van der Waals surface area (Å²) in [4.78, 5) is 12.1. The van der Waals surface area contributed by atoms with Gasteiger partial charge in [-0.15, -0.1) is 0 Å². The van der Waals surface area contributed by atoms with Crippen LogP contribution in [0, 0.1) is 12.3 Å². The molecule has 0 heterocycles. The molecule has 3 aliphatic carbocycles. The van der Waals surface area contributed by atoms with Gasteiger partial charge in [0.2, 0.25) is 0 Å². The summed E-state index contributed by atoms with van der Waals surface area (Å²) >= 11 is 0. The van der Waals surface area contributed by atoms with E-state index in [0.29, 0.717) is 6.61 Å². The predicted octanol–water partition coefficient (Wildman–Crippen LogP) is 12.4. The molecule has 0 saturated carbocycles. The van der Waals surface area contributed by atoms with Crippen LogP contribution in [0.3, 0.4) is 0 Å². The van der Waals surface area contributed by atoms with Gasteiger partial charge in [-0.05, 0) is 147 Å². The van der Waals surface area contributed by atoms with Crippen molar-refractivity contribution >= 4 is 38.7 Å². The van der Waals surface area contributed by atoms with Gasteiger partial charge in [0.1, 0.15) is 0 Å². The molecule has 0 atom stereocenters. The zero-order chi connectivity index (χ0) is 33.8. The molecule has 0 bridgehead atoms. The van der Waals surface area contributed by atoms with Crippen molar-refractivity contribution < 1.29 is 9.53 Å². The van der Waals surface area contributed by atoms with E-state index < -0.39 is 0 Å². The van der Waals surface area contributed by atoms with E-state index in [0.717, 1.165) is 37.7 Å². The lowest BCUT2D eigenvalue weighted by Gasteiger charge is -2.40. The maximum absolute atomic E-state index is 12.1. The number of benzene rings is 4. The highest BCUT2D eigenvalue weighted by Crippen LogP contribution is 2.52. The molecular formula is C46H48O2. The van der Waals surface area contributed by atoms with Gasteiger partial charge in [0.15, 0.2) is 0 Å². The highest BCUT2D eigenvalue weighted by molar-refractivity contribution is 6.04. The summed E-state index contributed by atoms with van der Waals surface area (Å²) in [6.07, 6.45) is 16.1. The van der Waals surface area contributed by atoms with E-state index in [1.54, 1.807) is 11.6 Å². The van der Waals surface area contributed by atoms with Crippen molar-refractivity contribution in [3.8, 4) is 11.1 Å². The maximum atomic E-state index is 12.1. The third-order valence-electron chi connectivity index (χ3n) is 10.7. The number of esters is 1. The molecule has 3 aliphatic rings. The van der Waals surface area contributed by atoms with Gasteiger partial charge < -0.3 is 4.74 Å². The second kappa shape index (κ2) is 12.2. The quantitative estimate of drug-likeness (QED) is 0.120. The van der Waals surface area contributed by atoms with Crippen LogP contribution in [0.25, 0.3) is 43.8 Å². The average Bonchev–Trinajstić information content (AvgIpc) is 3.50. The van der Waals surface area contributed by atoms with Crippen molar-refractivity contribution in [2.75, 3.05) is 6.61 Å². The zero-order valence-electron chi connectivity index (χ0n) is 29.7. The number of ether oxygens (including phenoxy) is 1. The van der Waals surface area contributed by atoms with Gasteiger partial charge in [0.05, 0.1) is 6.61 Å².